The molecule has 0 saturated heterocycles. The molecular weight excluding hydrogens is 240 g/mol. The highest BCUT2D eigenvalue weighted by Gasteiger charge is 2.24. The summed E-state index contributed by atoms with van der Waals surface area (Å²) in [7, 11) is 0. The van der Waals surface area contributed by atoms with E-state index in [1.54, 1.807) is 0 Å². The van der Waals surface area contributed by atoms with E-state index in [0.29, 0.717) is 12.2 Å². The van der Waals surface area contributed by atoms with Crippen molar-refractivity contribution in [2.75, 3.05) is 5.32 Å². The lowest BCUT2D eigenvalue weighted by molar-refractivity contribution is -0.118. The molecule has 19 heavy (non-hydrogen) atoms. The van der Waals surface area contributed by atoms with Crippen LogP contribution in [0.25, 0.3) is 0 Å². The average Bonchev–Trinajstić information content (AvgIpc) is 2.83. The maximum Gasteiger partial charge on any atom is 0.243 e. The fourth-order valence-corrected chi connectivity index (χ4v) is 2.34. The molecule has 98 valence electrons. The van der Waals surface area contributed by atoms with Gasteiger partial charge in [0.05, 0.1) is 6.04 Å². The molecule has 2 heterocycles. The van der Waals surface area contributed by atoms with Crippen LogP contribution in [0.1, 0.15) is 16.8 Å². The molecule has 5 heteroatoms. The molecule has 0 fully saturated rings. The third kappa shape index (κ3) is 2.51. The van der Waals surface area contributed by atoms with Crippen LogP contribution in [0.4, 0.5) is 5.82 Å². The number of fused-ring (bicyclic) bond motifs is 1. The quantitative estimate of drug-likeness (QED) is 0.760. The first-order valence-corrected chi connectivity index (χ1v) is 6.35. The number of anilines is 1. The van der Waals surface area contributed by atoms with Crippen molar-refractivity contribution in [2.24, 2.45) is 0 Å². The largest absolute Gasteiger partial charge is 0.308 e. The van der Waals surface area contributed by atoms with Gasteiger partial charge in [-0.1, -0.05) is 24.3 Å². The Morgan fingerprint density at radius 2 is 2.16 bits per heavy atom. The van der Waals surface area contributed by atoms with Gasteiger partial charge in [0.25, 0.3) is 0 Å². The van der Waals surface area contributed by atoms with Crippen LogP contribution >= 0.6 is 0 Å². The third-order valence-electron chi connectivity index (χ3n) is 3.36. The lowest BCUT2D eigenvalue weighted by atomic mass is 9.95. The number of hydrogen-bond acceptors (Lipinski definition) is 3. The number of amides is 1. The van der Waals surface area contributed by atoms with Crippen LogP contribution in [-0.4, -0.2) is 22.1 Å². The van der Waals surface area contributed by atoms with Crippen LogP contribution in [0.15, 0.2) is 30.3 Å². The van der Waals surface area contributed by atoms with E-state index in [-0.39, 0.29) is 11.9 Å². The van der Waals surface area contributed by atoms with Crippen LogP contribution in [0.5, 0.6) is 0 Å². The molecule has 3 rings (SSSR count). The molecule has 0 saturated carbocycles. The summed E-state index contributed by atoms with van der Waals surface area (Å²) in [6.07, 6.45) is 0.714. The van der Waals surface area contributed by atoms with E-state index in [1.165, 1.54) is 11.1 Å². The minimum Gasteiger partial charge on any atom is -0.308 e. The Labute approximate surface area is 111 Å². The van der Waals surface area contributed by atoms with Crippen molar-refractivity contribution in [2.45, 2.75) is 25.9 Å². The van der Waals surface area contributed by atoms with E-state index < -0.39 is 0 Å². The van der Waals surface area contributed by atoms with Gasteiger partial charge in [0.1, 0.15) is 0 Å². The van der Waals surface area contributed by atoms with Crippen molar-refractivity contribution in [3.8, 4) is 0 Å². The number of aromatic amines is 1. The molecule has 2 aromatic rings. The van der Waals surface area contributed by atoms with E-state index in [1.807, 2.05) is 25.1 Å². The van der Waals surface area contributed by atoms with Crippen LogP contribution in [0.2, 0.25) is 0 Å². The summed E-state index contributed by atoms with van der Waals surface area (Å²) < 4.78 is 0. The summed E-state index contributed by atoms with van der Waals surface area (Å²) >= 11 is 0. The van der Waals surface area contributed by atoms with E-state index in [4.69, 9.17) is 0 Å². The second-order valence-corrected chi connectivity index (χ2v) is 4.83. The number of nitrogens with zero attached hydrogens (tertiary/aromatic N) is 1. The Morgan fingerprint density at radius 3 is 2.89 bits per heavy atom. The van der Waals surface area contributed by atoms with E-state index >= 15 is 0 Å². The SMILES string of the molecule is Cc1cc(NC(=O)C2Cc3ccccc3CN2)n[nH]1. The summed E-state index contributed by atoms with van der Waals surface area (Å²) in [6, 6.07) is 9.81. The van der Waals surface area contributed by atoms with Crippen LogP contribution in [0, 0.1) is 6.92 Å². The van der Waals surface area contributed by atoms with Crippen molar-refractivity contribution in [3.63, 3.8) is 0 Å². The third-order valence-corrected chi connectivity index (χ3v) is 3.36. The maximum atomic E-state index is 12.2. The minimum atomic E-state index is -0.202. The highest BCUT2D eigenvalue weighted by molar-refractivity contribution is 5.94. The van der Waals surface area contributed by atoms with Gasteiger partial charge in [0, 0.05) is 18.3 Å². The van der Waals surface area contributed by atoms with Gasteiger partial charge in [-0.25, -0.2) is 0 Å². The maximum absolute atomic E-state index is 12.2. The second-order valence-electron chi connectivity index (χ2n) is 4.83. The predicted molar refractivity (Wildman–Crippen MR) is 72.7 cm³/mol. The zero-order valence-corrected chi connectivity index (χ0v) is 10.7. The Bertz CT molecular complexity index is 605. The summed E-state index contributed by atoms with van der Waals surface area (Å²) in [5, 5.41) is 12.9. The number of H-pyrrole nitrogens is 1. The zero-order valence-electron chi connectivity index (χ0n) is 10.7. The Morgan fingerprint density at radius 1 is 1.37 bits per heavy atom. The standard InChI is InChI=1S/C14H16N4O/c1-9-6-13(18-17-9)16-14(19)12-7-10-4-2-3-5-11(10)8-15-12/h2-6,12,15H,7-8H2,1H3,(H2,16,17,18,19). The van der Waals surface area contributed by atoms with Gasteiger partial charge in [-0.15, -0.1) is 0 Å². The van der Waals surface area contributed by atoms with Crippen molar-refractivity contribution >= 4 is 11.7 Å². The summed E-state index contributed by atoms with van der Waals surface area (Å²) in [5.74, 6) is 0.532. The normalized spacial score (nSPS) is 17.8. The predicted octanol–water partition coefficient (Wildman–Crippen LogP) is 1.37. The molecule has 1 amide bonds. The Balaban J connectivity index is 1.69. The van der Waals surface area contributed by atoms with Gasteiger partial charge in [0.2, 0.25) is 5.91 Å². The number of hydrogen-bond donors (Lipinski definition) is 3. The van der Waals surface area contributed by atoms with E-state index in [0.717, 1.165) is 12.2 Å². The Hall–Kier alpha value is -2.14. The Kier molecular flexibility index (Phi) is 3.05. The topological polar surface area (TPSA) is 69.8 Å². The smallest absolute Gasteiger partial charge is 0.243 e. The molecule has 1 aliphatic heterocycles. The number of nitrogens with one attached hydrogen (secondary N) is 3. The molecule has 0 bridgehead atoms. The van der Waals surface area contributed by atoms with Crippen LogP contribution in [-0.2, 0) is 17.8 Å². The molecular formula is C14H16N4O. The molecule has 0 radical (unpaired) electrons. The number of aryl methyl sites for hydroxylation is 1. The number of carbonyl (C=O) groups excluding carboxylic acids is 1. The minimum absolute atomic E-state index is 0.0407. The number of rotatable bonds is 2. The summed E-state index contributed by atoms with van der Waals surface area (Å²) in [5.41, 5.74) is 3.43. The molecule has 1 aromatic heterocycles. The first kappa shape index (κ1) is 11.9. The average molecular weight is 256 g/mol. The highest BCUT2D eigenvalue weighted by Crippen LogP contribution is 2.17. The lowest BCUT2D eigenvalue weighted by Gasteiger charge is -2.24. The molecule has 0 spiro atoms. The van der Waals surface area contributed by atoms with Gasteiger partial charge >= 0.3 is 0 Å². The van der Waals surface area contributed by atoms with E-state index in [9.17, 15) is 4.79 Å². The van der Waals surface area contributed by atoms with Gasteiger partial charge in [-0.3, -0.25) is 9.89 Å². The summed E-state index contributed by atoms with van der Waals surface area (Å²) in [4.78, 5) is 12.2. The molecule has 3 N–H and O–H groups in total. The highest BCUT2D eigenvalue weighted by atomic mass is 16.2. The summed E-state index contributed by atoms with van der Waals surface area (Å²) in [6.45, 7) is 2.63. The van der Waals surface area contributed by atoms with Gasteiger partial charge in [0.15, 0.2) is 5.82 Å². The molecule has 1 atom stereocenters. The number of aromatic nitrogens is 2. The van der Waals surface area contributed by atoms with Gasteiger partial charge < -0.3 is 10.6 Å². The van der Waals surface area contributed by atoms with Crippen molar-refractivity contribution in [1.29, 1.82) is 0 Å². The number of carbonyl (C=O) groups is 1. The monoisotopic (exact) mass is 256 g/mol. The zero-order chi connectivity index (χ0) is 13.2. The van der Waals surface area contributed by atoms with Crippen molar-refractivity contribution < 1.29 is 4.79 Å². The molecule has 1 unspecified atom stereocenters. The molecule has 1 aromatic carbocycles. The first-order valence-electron chi connectivity index (χ1n) is 6.35. The fourth-order valence-electron chi connectivity index (χ4n) is 2.34. The first-order chi connectivity index (χ1) is 9.22. The second kappa shape index (κ2) is 4.85. The van der Waals surface area contributed by atoms with Crippen molar-refractivity contribution in [3.05, 3.63) is 47.2 Å². The molecule has 0 aliphatic carbocycles. The van der Waals surface area contributed by atoms with Gasteiger partial charge in [-0.2, -0.15) is 5.10 Å². The van der Waals surface area contributed by atoms with Crippen molar-refractivity contribution in [1.82, 2.24) is 15.5 Å². The molecule has 1 aliphatic rings. The van der Waals surface area contributed by atoms with Crippen LogP contribution in [0.3, 0.4) is 0 Å². The van der Waals surface area contributed by atoms with Crippen LogP contribution < -0.4 is 10.6 Å². The fraction of sp³-hybridized carbons (Fsp3) is 0.286. The lowest BCUT2D eigenvalue weighted by Crippen LogP contribution is -2.44. The molecule has 5 nitrogen and oxygen atoms in total. The van der Waals surface area contributed by atoms with E-state index in [2.05, 4.69) is 33.0 Å². The number of benzene rings is 1. The van der Waals surface area contributed by atoms with Gasteiger partial charge in [-0.05, 0) is 24.5 Å².